The van der Waals surface area contributed by atoms with Crippen LogP contribution in [0.2, 0.25) is 0 Å². The Morgan fingerprint density at radius 1 is 1.35 bits per heavy atom. The first kappa shape index (κ1) is 18.7. The molecule has 1 aliphatic heterocycles. The van der Waals surface area contributed by atoms with Gasteiger partial charge in [0.2, 0.25) is 0 Å². The third kappa shape index (κ3) is 4.76. The Morgan fingerprint density at radius 2 is 2.15 bits per heavy atom. The molecule has 1 fully saturated rings. The number of thioether (sulfide) groups is 1. The maximum atomic E-state index is 12.4. The number of nitrogens with one attached hydrogen (secondary N) is 1. The molecule has 3 rings (SSSR count). The third-order valence-electron chi connectivity index (χ3n) is 4.36. The number of rotatable bonds is 7. The van der Waals surface area contributed by atoms with Gasteiger partial charge in [0.05, 0.1) is 19.9 Å². The molecular formula is C18H25N5O2S. The Kier molecular flexibility index (Phi) is 6.51. The Bertz CT molecular complexity index is 743. The number of hydrogen-bond acceptors (Lipinski definition) is 6. The van der Waals surface area contributed by atoms with Gasteiger partial charge in [-0.15, -0.1) is 5.10 Å². The van der Waals surface area contributed by atoms with E-state index in [4.69, 9.17) is 4.74 Å². The summed E-state index contributed by atoms with van der Waals surface area (Å²) in [6, 6.07) is 6.16. The fraction of sp³-hybridized carbons (Fsp3) is 0.500. The minimum atomic E-state index is -0.0155. The predicted molar refractivity (Wildman–Crippen MR) is 103 cm³/mol. The summed E-state index contributed by atoms with van der Waals surface area (Å²) >= 11 is 1.88. The molecule has 2 heterocycles. The highest BCUT2D eigenvalue weighted by Gasteiger charge is 2.20. The smallest absolute Gasteiger partial charge is 0.276 e. The van der Waals surface area contributed by atoms with Gasteiger partial charge in [-0.2, -0.15) is 11.8 Å². The van der Waals surface area contributed by atoms with Crippen LogP contribution in [0.15, 0.2) is 24.4 Å². The molecule has 1 amide bonds. The standard InChI is InChI=1S/C18H25N5O2S/c1-14-11-15(3-4-17(14)25-2)12-19-5-6-23-13-16(20-21-23)18(24)22-7-9-26-10-8-22/h3-4,11,13,19H,5-10,12H2,1-2H3. The minimum Gasteiger partial charge on any atom is -0.496 e. The first-order valence-corrected chi connectivity index (χ1v) is 9.94. The van der Waals surface area contributed by atoms with Crippen LogP contribution >= 0.6 is 11.8 Å². The zero-order chi connectivity index (χ0) is 18.4. The largest absolute Gasteiger partial charge is 0.496 e. The maximum absolute atomic E-state index is 12.4. The topological polar surface area (TPSA) is 72.3 Å². The van der Waals surface area contributed by atoms with Crippen LogP contribution in [0.1, 0.15) is 21.6 Å². The van der Waals surface area contributed by atoms with Crippen molar-refractivity contribution in [2.75, 3.05) is 38.2 Å². The number of hydrogen-bond donors (Lipinski definition) is 1. The van der Waals surface area contributed by atoms with Crippen molar-refractivity contribution in [3.8, 4) is 5.75 Å². The number of nitrogens with zero attached hydrogens (tertiary/aromatic N) is 4. The van der Waals surface area contributed by atoms with Crippen LogP contribution in [0.25, 0.3) is 0 Å². The van der Waals surface area contributed by atoms with Gasteiger partial charge in [-0.1, -0.05) is 17.3 Å². The maximum Gasteiger partial charge on any atom is 0.276 e. The number of carbonyl (C=O) groups excluding carboxylic acids is 1. The van der Waals surface area contributed by atoms with Crippen LogP contribution in [-0.4, -0.2) is 64.1 Å². The average molecular weight is 375 g/mol. The highest BCUT2D eigenvalue weighted by Crippen LogP contribution is 2.18. The fourth-order valence-corrected chi connectivity index (χ4v) is 3.81. The lowest BCUT2D eigenvalue weighted by atomic mass is 10.1. The number of aromatic nitrogens is 3. The highest BCUT2D eigenvalue weighted by atomic mass is 32.2. The Balaban J connectivity index is 1.44. The van der Waals surface area contributed by atoms with E-state index in [0.29, 0.717) is 12.2 Å². The molecule has 0 atom stereocenters. The molecule has 0 radical (unpaired) electrons. The normalized spacial score (nSPS) is 14.5. The third-order valence-corrected chi connectivity index (χ3v) is 5.30. The van der Waals surface area contributed by atoms with Crippen molar-refractivity contribution in [3.63, 3.8) is 0 Å². The molecule has 2 aromatic rings. The molecule has 0 saturated carbocycles. The Labute approximate surface area is 158 Å². The number of ether oxygens (including phenoxy) is 1. The highest BCUT2D eigenvalue weighted by molar-refractivity contribution is 7.99. The van der Waals surface area contributed by atoms with Crippen LogP contribution in [0.5, 0.6) is 5.75 Å². The second-order valence-corrected chi connectivity index (χ2v) is 7.48. The van der Waals surface area contributed by atoms with Crippen LogP contribution in [-0.2, 0) is 13.1 Å². The Hall–Kier alpha value is -2.06. The minimum absolute atomic E-state index is 0.0155. The summed E-state index contributed by atoms with van der Waals surface area (Å²) < 4.78 is 7.00. The van der Waals surface area contributed by atoms with E-state index in [2.05, 4.69) is 27.8 Å². The average Bonchev–Trinajstić information content (AvgIpc) is 3.14. The van der Waals surface area contributed by atoms with Crippen molar-refractivity contribution in [3.05, 3.63) is 41.2 Å². The second kappa shape index (κ2) is 9.05. The molecule has 0 bridgehead atoms. The van der Waals surface area contributed by atoms with Crippen molar-refractivity contribution >= 4 is 17.7 Å². The molecule has 7 nitrogen and oxygen atoms in total. The quantitative estimate of drug-likeness (QED) is 0.741. The summed E-state index contributed by atoms with van der Waals surface area (Å²) in [5.74, 6) is 2.88. The van der Waals surface area contributed by atoms with Gasteiger partial charge < -0.3 is 15.0 Å². The summed E-state index contributed by atoms with van der Waals surface area (Å²) in [5.41, 5.74) is 2.77. The van der Waals surface area contributed by atoms with Gasteiger partial charge in [0.25, 0.3) is 5.91 Å². The molecule has 26 heavy (non-hydrogen) atoms. The van der Waals surface area contributed by atoms with E-state index in [1.807, 2.05) is 29.7 Å². The van der Waals surface area contributed by atoms with Crippen molar-refractivity contribution in [2.24, 2.45) is 0 Å². The summed E-state index contributed by atoms with van der Waals surface area (Å²) in [6.45, 7) is 5.82. The molecular weight excluding hydrogens is 350 g/mol. The first-order chi connectivity index (χ1) is 12.7. The lowest BCUT2D eigenvalue weighted by Crippen LogP contribution is -2.38. The van der Waals surface area contributed by atoms with E-state index in [1.54, 1.807) is 18.0 Å². The van der Waals surface area contributed by atoms with Crippen LogP contribution in [0, 0.1) is 6.92 Å². The lowest BCUT2D eigenvalue weighted by molar-refractivity contribution is 0.0766. The SMILES string of the molecule is COc1ccc(CNCCn2cc(C(=O)N3CCSCC3)nn2)cc1C. The van der Waals surface area contributed by atoms with Crippen molar-refractivity contribution < 1.29 is 9.53 Å². The van der Waals surface area contributed by atoms with E-state index < -0.39 is 0 Å². The molecule has 140 valence electrons. The summed E-state index contributed by atoms with van der Waals surface area (Å²) in [6.07, 6.45) is 1.74. The molecule has 8 heteroatoms. The molecule has 0 unspecified atom stereocenters. The fourth-order valence-electron chi connectivity index (χ4n) is 2.91. The first-order valence-electron chi connectivity index (χ1n) is 8.79. The monoisotopic (exact) mass is 375 g/mol. The predicted octanol–water partition coefficient (Wildman–Crippen LogP) is 1.57. The summed E-state index contributed by atoms with van der Waals surface area (Å²) in [4.78, 5) is 14.2. The zero-order valence-electron chi connectivity index (χ0n) is 15.3. The zero-order valence-corrected chi connectivity index (χ0v) is 16.1. The number of methoxy groups -OCH3 is 1. The van der Waals surface area contributed by atoms with Gasteiger partial charge in [0, 0.05) is 37.7 Å². The van der Waals surface area contributed by atoms with Gasteiger partial charge in [0.15, 0.2) is 5.69 Å². The van der Waals surface area contributed by atoms with Gasteiger partial charge in [0.1, 0.15) is 5.75 Å². The lowest BCUT2D eigenvalue weighted by Gasteiger charge is -2.25. The molecule has 0 spiro atoms. The van der Waals surface area contributed by atoms with E-state index in [1.165, 1.54) is 5.56 Å². The summed E-state index contributed by atoms with van der Waals surface area (Å²) in [5, 5.41) is 11.5. The van der Waals surface area contributed by atoms with E-state index in [0.717, 1.165) is 49.0 Å². The van der Waals surface area contributed by atoms with Gasteiger partial charge >= 0.3 is 0 Å². The molecule has 0 aliphatic carbocycles. The summed E-state index contributed by atoms with van der Waals surface area (Å²) in [7, 11) is 1.68. The number of carbonyl (C=O) groups is 1. The van der Waals surface area contributed by atoms with Gasteiger partial charge in [-0.05, 0) is 24.1 Å². The van der Waals surface area contributed by atoms with Gasteiger partial charge in [-0.3, -0.25) is 9.48 Å². The molecule has 1 aromatic heterocycles. The van der Waals surface area contributed by atoms with Gasteiger partial charge in [-0.25, -0.2) is 0 Å². The van der Waals surface area contributed by atoms with E-state index >= 15 is 0 Å². The molecule has 1 saturated heterocycles. The second-order valence-electron chi connectivity index (χ2n) is 6.25. The number of benzene rings is 1. The Morgan fingerprint density at radius 3 is 2.88 bits per heavy atom. The number of amides is 1. The van der Waals surface area contributed by atoms with Crippen LogP contribution in [0.4, 0.5) is 0 Å². The van der Waals surface area contributed by atoms with Crippen LogP contribution < -0.4 is 10.1 Å². The molecule has 1 aromatic carbocycles. The van der Waals surface area contributed by atoms with E-state index in [9.17, 15) is 4.79 Å². The van der Waals surface area contributed by atoms with Crippen LogP contribution in [0.3, 0.4) is 0 Å². The molecule has 1 N–H and O–H groups in total. The van der Waals surface area contributed by atoms with E-state index in [-0.39, 0.29) is 5.91 Å². The van der Waals surface area contributed by atoms with Crippen molar-refractivity contribution in [2.45, 2.75) is 20.0 Å². The number of aryl methyl sites for hydroxylation is 1. The van der Waals surface area contributed by atoms with Crippen molar-refractivity contribution in [1.82, 2.24) is 25.2 Å². The molecule has 1 aliphatic rings. The van der Waals surface area contributed by atoms with Crippen molar-refractivity contribution in [1.29, 1.82) is 0 Å².